The Morgan fingerprint density at radius 2 is 2.35 bits per heavy atom. The summed E-state index contributed by atoms with van der Waals surface area (Å²) in [5, 5.41) is 14.5. The lowest BCUT2D eigenvalue weighted by atomic mass is 9.99. The van der Waals surface area contributed by atoms with Gasteiger partial charge in [-0.2, -0.15) is 0 Å². The molecule has 2 atom stereocenters. The molecule has 0 aliphatic carbocycles. The van der Waals surface area contributed by atoms with Crippen LogP contribution in [0.25, 0.3) is 11.0 Å². The molecular formula is C14H19N5O. The highest BCUT2D eigenvalue weighted by Crippen LogP contribution is 2.14. The fourth-order valence-corrected chi connectivity index (χ4v) is 2.67. The largest absolute Gasteiger partial charge is 0.348 e. The highest BCUT2D eigenvalue weighted by atomic mass is 16.1. The number of carbonyl (C=O) groups excluding carboxylic acids is 1. The van der Waals surface area contributed by atoms with E-state index in [9.17, 15) is 4.79 Å². The average Bonchev–Trinajstić information content (AvgIpc) is 2.82. The van der Waals surface area contributed by atoms with E-state index in [-0.39, 0.29) is 11.9 Å². The third-order valence-corrected chi connectivity index (χ3v) is 3.95. The highest BCUT2D eigenvalue weighted by molar-refractivity contribution is 5.97. The summed E-state index contributed by atoms with van der Waals surface area (Å²) in [4.78, 5) is 12.3. The van der Waals surface area contributed by atoms with Gasteiger partial charge in [0.1, 0.15) is 5.52 Å². The van der Waals surface area contributed by atoms with Gasteiger partial charge in [-0.1, -0.05) is 5.21 Å². The molecule has 6 heteroatoms. The van der Waals surface area contributed by atoms with Crippen LogP contribution in [0.1, 0.15) is 30.1 Å². The SMILES string of the molecule is CC1NCCCC1NC(=O)c1ccc2c(c1)nnn2C. The molecule has 1 fully saturated rings. The number of carbonyl (C=O) groups is 1. The van der Waals surface area contributed by atoms with Crippen LogP contribution in [0.5, 0.6) is 0 Å². The molecule has 106 valence electrons. The lowest BCUT2D eigenvalue weighted by Crippen LogP contribution is -2.51. The number of piperidine rings is 1. The maximum atomic E-state index is 12.3. The molecule has 1 amide bonds. The standard InChI is InChI=1S/C14H19N5O/c1-9-11(4-3-7-15-9)16-14(20)10-5-6-13-12(8-10)17-18-19(13)2/h5-6,8-9,11,15H,3-4,7H2,1-2H3,(H,16,20). The lowest BCUT2D eigenvalue weighted by Gasteiger charge is -2.30. The van der Waals surface area contributed by atoms with E-state index in [0.717, 1.165) is 30.4 Å². The zero-order chi connectivity index (χ0) is 14.1. The molecule has 1 aliphatic heterocycles. The Bertz CT molecular complexity index is 636. The fraction of sp³-hybridized carbons (Fsp3) is 0.500. The second-order valence-corrected chi connectivity index (χ2v) is 5.38. The molecule has 0 spiro atoms. The van der Waals surface area contributed by atoms with Gasteiger partial charge in [0.2, 0.25) is 0 Å². The van der Waals surface area contributed by atoms with Crippen molar-refractivity contribution in [2.75, 3.05) is 6.54 Å². The van der Waals surface area contributed by atoms with Crippen molar-refractivity contribution in [3.8, 4) is 0 Å². The molecule has 1 aromatic carbocycles. The molecular weight excluding hydrogens is 254 g/mol. The average molecular weight is 273 g/mol. The molecule has 2 unspecified atom stereocenters. The number of nitrogens with zero attached hydrogens (tertiary/aromatic N) is 3. The highest BCUT2D eigenvalue weighted by Gasteiger charge is 2.23. The number of hydrogen-bond donors (Lipinski definition) is 2. The van der Waals surface area contributed by atoms with Gasteiger partial charge in [-0.15, -0.1) is 5.10 Å². The first-order valence-corrected chi connectivity index (χ1v) is 6.99. The van der Waals surface area contributed by atoms with Gasteiger partial charge in [0.25, 0.3) is 5.91 Å². The van der Waals surface area contributed by atoms with Crippen molar-refractivity contribution in [2.24, 2.45) is 7.05 Å². The van der Waals surface area contributed by atoms with Crippen LogP contribution in [-0.4, -0.2) is 39.5 Å². The number of rotatable bonds is 2. The van der Waals surface area contributed by atoms with Crippen molar-refractivity contribution in [1.82, 2.24) is 25.6 Å². The van der Waals surface area contributed by atoms with E-state index in [2.05, 4.69) is 27.9 Å². The maximum Gasteiger partial charge on any atom is 0.251 e. The summed E-state index contributed by atoms with van der Waals surface area (Å²) in [7, 11) is 1.84. The molecule has 2 aromatic rings. The molecule has 0 radical (unpaired) electrons. The Kier molecular flexibility index (Phi) is 3.40. The number of aryl methyl sites for hydroxylation is 1. The van der Waals surface area contributed by atoms with Gasteiger partial charge in [0.15, 0.2) is 0 Å². The Morgan fingerprint density at radius 1 is 1.50 bits per heavy atom. The first kappa shape index (κ1) is 13.1. The van der Waals surface area contributed by atoms with Crippen molar-refractivity contribution >= 4 is 16.9 Å². The molecule has 1 aliphatic rings. The third-order valence-electron chi connectivity index (χ3n) is 3.95. The normalized spacial score (nSPS) is 22.9. The van der Waals surface area contributed by atoms with E-state index < -0.39 is 0 Å². The molecule has 1 saturated heterocycles. The number of amides is 1. The molecule has 6 nitrogen and oxygen atoms in total. The Morgan fingerprint density at radius 3 is 3.15 bits per heavy atom. The fourth-order valence-electron chi connectivity index (χ4n) is 2.67. The van der Waals surface area contributed by atoms with Gasteiger partial charge in [0, 0.05) is 24.7 Å². The maximum absolute atomic E-state index is 12.3. The summed E-state index contributed by atoms with van der Waals surface area (Å²) in [6.45, 7) is 3.13. The van der Waals surface area contributed by atoms with Crippen LogP contribution in [0.4, 0.5) is 0 Å². The summed E-state index contributed by atoms with van der Waals surface area (Å²) in [6, 6.07) is 6.00. The van der Waals surface area contributed by atoms with E-state index in [1.165, 1.54) is 0 Å². The molecule has 3 rings (SSSR count). The van der Waals surface area contributed by atoms with Crippen molar-refractivity contribution in [1.29, 1.82) is 0 Å². The van der Waals surface area contributed by atoms with Crippen molar-refractivity contribution in [3.05, 3.63) is 23.8 Å². The molecule has 0 bridgehead atoms. The number of fused-ring (bicyclic) bond motifs is 1. The van der Waals surface area contributed by atoms with Crippen LogP contribution in [0.3, 0.4) is 0 Å². The third kappa shape index (κ3) is 2.38. The van der Waals surface area contributed by atoms with Crippen LogP contribution < -0.4 is 10.6 Å². The second-order valence-electron chi connectivity index (χ2n) is 5.38. The summed E-state index contributed by atoms with van der Waals surface area (Å²) in [5.41, 5.74) is 2.31. The van der Waals surface area contributed by atoms with Crippen LogP contribution >= 0.6 is 0 Å². The minimum absolute atomic E-state index is 0.0434. The van der Waals surface area contributed by atoms with E-state index >= 15 is 0 Å². The van der Waals surface area contributed by atoms with Crippen LogP contribution in [0, 0.1) is 0 Å². The van der Waals surface area contributed by atoms with Gasteiger partial charge < -0.3 is 10.6 Å². The second kappa shape index (κ2) is 5.20. The monoisotopic (exact) mass is 273 g/mol. The quantitative estimate of drug-likeness (QED) is 0.850. The van der Waals surface area contributed by atoms with E-state index in [4.69, 9.17) is 0 Å². The number of benzene rings is 1. The van der Waals surface area contributed by atoms with E-state index in [0.29, 0.717) is 11.6 Å². The van der Waals surface area contributed by atoms with Crippen molar-refractivity contribution < 1.29 is 4.79 Å². The smallest absolute Gasteiger partial charge is 0.251 e. The topological polar surface area (TPSA) is 71.8 Å². The lowest BCUT2D eigenvalue weighted by molar-refractivity contribution is 0.0920. The first-order chi connectivity index (χ1) is 9.65. The van der Waals surface area contributed by atoms with Crippen LogP contribution in [0.15, 0.2) is 18.2 Å². The number of nitrogens with one attached hydrogen (secondary N) is 2. The number of aromatic nitrogens is 3. The molecule has 20 heavy (non-hydrogen) atoms. The Labute approximate surface area is 117 Å². The summed E-state index contributed by atoms with van der Waals surface area (Å²) in [5.74, 6) is -0.0434. The van der Waals surface area contributed by atoms with E-state index in [1.54, 1.807) is 10.7 Å². The van der Waals surface area contributed by atoms with Gasteiger partial charge in [-0.05, 0) is 44.5 Å². The predicted molar refractivity (Wildman–Crippen MR) is 76.5 cm³/mol. The Hall–Kier alpha value is -1.95. The number of hydrogen-bond acceptors (Lipinski definition) is 4. The molecule has 0 saturated carbocycles. The van der Waals surface area contributed by atoms with E-state index in [1.807, 2.05) is 19.2 Å². The van der Waals surface area contributed by atoms with Gasteiger partial charge >= 0.3 is 0 Å². The zero-order valence-electron chi connectivity index (χ0n) is 11.8. The van der Waals surface area contributed by atoms with Crippen LogP contribution in [-0.2, 0) is 7.05 Å². The minimum Gasteiger partial charge on any atom is -0.348 e. The summed E-state index contributed by atoms with van der Waals surface area (Å²) >= 11 is 0. The van der Waals surface area contributed by atoms with Crippen molar-refractivity contribution in [3.63, 3.8) is 0 Å². The minimum atomic E-state index is -0.0434. The first-order valence-electron chi connectivity index (χ1n) is 6.99. The van der Waals surface area contributed by atoms with Gasteiger partial charge in [-0.3, -0.25) is 4.79 Å². The van der Waals surface area contributed by atoms with Crippen LogP contribution in [0.2, 0.25) is 0 Å². The zero-order valence-corrected chi connectivity index (χ0v) is 11.8. The molecule has 2 N–H and O–H groups in total. The predicted octanol–water partition coefficient (Wildman–Crippen LogP) is 0.839. The Balaban J connectivity index is 1.78. The van der Waals surface area contributed by atoms with Crippen molar-refractivity contribution in [2.45, 2.75) is 31.8 Å². The summed E-state index contributed by atoms with van der Waals surface area (Å²) < 4.78 is 1.70. The van der Waals surface area contributed by atoms with Gasteiger partial charge in [-0.25, -0.2) is 4.68 Å². The molecule has 2 heterocycles. The van der Waals surface area contributed by atoms with Gasteiger partial charge in [0.05, 0.1) is 5.52 Å². The molecule has 1 aromatic heterocycles. The summed E-state index contributed by atoms with van der Waals surface area (Å²) in [6.07, 6.45) is 2.12.